The number of carbonyl (C=O) groups is 2. The predicted octanol–water partition coefficient (Wildman–Crippen LogP) is 1.86. The molecule has 4 aliphatic carbocycles. The molecule has 0 spiro atoms. The largest absolute Gasteiger partial charge is 0.481 e. The van der Waals surface area contributed by atoms with E-state index < -0.39 is 11.4 Å². The SMILES string of the molecule is O=C(O)C12CCC(C(=O)NCC3(CO)CC=CC3)(CC1)CC2. The number of hydrogen-bond donors (Lipinski definition) is 3. The Morgan fingerprint density at radius 3 is 1.91 bits per heavy atom. The molecule has 4 aliphatic rings. The quantitative estimate of drug-likeness (QED) is 0.677. The summed E-state index contributed by atoms with van der Waals surface area (Å²) in [5, 5.41) is 22.1. The van der Waals surface area contributed by atoms with Crippen LogP contribution in [0.4, 0.5) is 0 Å². The van der Waals surface area contributed by atoms with Gasteiger partial charge in [-0.15, -0.1) is 0 Å². The summed E-state index contributed by atoms with van der Waals surface area (Å²) in [4.78, 5) is 24.2. The molecular formula is C17H25NO4. The first-order chi connectivity index (χ1) is 10.5. The Bertz CT molecular complexity index is 478. The summed E-state index contributed by atoms with van der Waals surface area (Å²) in [6, 6.07) is 0. The maximum Gasteiger partial charge on any atom is 0.309 e. The highest BCUT2D eigenvalue weighted by Gasteiger charge is 2.55. The Balaban J connectivity index is 1.61. The molecule has 2 bridgehead atoms. The van der Waals surface area contributed by atoms with E-state index in [0.717, 1.165) is 12.8 Å². The minimum Gasteiger partial charge on any atom is -0.481 e. The molecule has 0 heterocycles. The van der Waals surface area contributed by atoms with Crippen LogP contribution in [0.1, 0.15) is 51.4 Å². The fourth-order valence-corrected chi connectivity index (χ4v) is 4.38. The van der Waals surface area contributed by atoms with Crippen molar-refractivity contribution >= 4 is 11.9 Å². The van der Waals surface area contributed by atoms with Gasteiger partial charge in [0.15, 0.2) is 0 Å². The van der Waals surface area contributed by atoms with Crippen LogP contribution in [0.15, 0.2) is 12.2 Å². The second kappa shape index (κ2) is 5.37. The van der Waals surface area contributed by atoms with Crippen LogP contribution < -0.4 is 5.32 Å². The van der Waals surface area contributed by atoms with E-state index in [1.165, 1.54) is 0 Å². The van der Waals surface area contributed by atoms with Gasteiger partial charge in [0, 0.05) is 17.4 Å². The van der Waals surface area contributed by atoms with Crippen LogP contribution in [-0.4, -0.2) is 35.2 Å². The number of carboxylic acids is 1. The maximum atomic E-state index is 12.7. The lowest BCUT2D eigenvalue weighted by Crippen LogP contribution is -2.53. The van der Waals surface area contributed by atoms with Crippen LogP contribution in [0.3, 0.4) is 0 Å². The van der Waals surface area contributed by atoms with Crippen LogP contribution in [0, 0.1) is 16.2 Å². The first kappa shape index (κ1) is 15.5. The number of aliphatic carboxylic acids is 1. The van der Waals surface area contributed by atoms with E-state index >= 15 is 0 Å². The van der Waals surface area contributed by atoms with E-state index in [1.54, 1.807) is 0 Å². The Kier molecular flexibility index (Phi) is 3.79. The number of amides is 1. The zero-order chi connectivity index (χ0) is 15.8. The number of aliphatic hydroxyl groups is 1. The van der Waals surface area contributed by atoms with Gasteiger partial charge in [0.1, 0.15) is 0 Å². The van der Waals surface area contributed by atoms with Gasteiger partial charge in [0.2, 0.25) is 5.91 Å². The van der Waals surface area contributed by atoms with Crippen molar-refractivity contribution in [2.45, 2.75) is 51.4 Å². The molecule has 1 amide bonds. The van der Waals surface area contributed by atoms with Crippen LogP contribution in [0.2, 0.25) is 0 Å². The summed E-state index contributed by atoms with van der Waals surface area (Å²) in [5.74, 6) is -0.636. The summed E-state index contributed by atoms with van der Waals surface area (Å²) in [5.41, 5.74) is -1.19. The van der Waals surface area contributed by atoms with Gasteiger partial charge in [0.05, 0.1) is 12.0 Å². The minimum absolute atomic E-state index is 0.0610. The average molecular weight is 307 g/mol. The number of fused-ring (bicyclic) bond motifs is 3. The molecule has 3 saturated carbocycles. The lowest BCUT2D eigenvalue weighted by atomic mass is 9.53. The van der Waals surface area contributed by atoms with Crippen LogP contribution in [0.5, 0.6) is 0 Å². The monoisotopic (exact) mass is 307 g/mol. The molecule has 22 heavy (non-hydrogen) atoms. The van der Waals surface area contributed by atoms with Gasteiger partial charge in [0.25, 0.3) is 0 Å². The molecule has 0 saturated heterocycles. The Morgan fingerprint density at radius 2 is 1.45 bits per heavy atom. The maximum absolute atomic E-state index is 12.7. The number of carboxylic acid groups (broad SMARTS) is 1. The van der Waals surface area contributed by atoms with Crippen LogP contribution in [-0.2, 0) is 9.59 Å². The molecule has 0 atom stereocenters. The molecule has 0 radical (unpaired) electrons. The fourth-order valence-electron chi connectivity index (χ4n) is 4.38. The van der Waals surface area contributed by atoms with E-state index in [9.17, 15) is 19.8 Å². The van der Waals surface area contributed by atoms with Gasteiger partial charge in [-0.1, -0.05) is 12.2 Å². The third-order valence-electron chi connectivity index (χ3n) is 6.41. The van der Waals surface area contributed by atoms with Crippen molar-refractivity contribution in [1.29, 1.82) is 0 Å². The zero-order valence-corrected chi connectivity index (χ0v) is 12.9. The second-order valence-electron chi connectivity index (χ2n) is 7.59. The smallest absolute Gasteiger partial charge is 0.309 e. The Labute approximate surface area is 130 Å². The first-order valence-electron chi connectivity index (χ1n) is 8.24. The highest BCUT2D eigenvalue weighted by Crippen LogP contribution is 2.57. The van der Waals surface area contributed by atoms with Gasteiger partial charge in [-0.05, 0) is 51.4 Å². The molecule has 3 fully saturated rings. The normalized spacial score (nSPS) is 35.5. The molecule has 0 aliphatic heterocycles. The minimum atomic E-state index is -0.697. The van der Waals surface area contributed by atoms with Gasteiger partial charge in [-0.25, -0.2) is 0 Å². The molecule has 0 unspecified atom stereocenters. The summed E-state index contributed by atoms with van der Waals surface area (Å²) in [7, 11) is 0. The van der Waals surface area contributed by atoms with Crippen molar-refractivity contribution in [1.82, 2.24) is 5.32 Å². The molecular weight excluding hydrogens is 282 g/mol. The molecule has 122 valence electrons. The highest BCUT2D eigenvalue weighted by atomic mass is 16.4. The lowest BCUT2D eigenvalue weighted by Gasteiger charge is -2.50. The molecule has 4 rings (SSSR count). The van der Waals surface area contributed by atoms with Crippen molar-refractivity contribution < 1.29 is 19.8 Å². The molecule has 0 aromatic carbocycles. The highest BCUT2D eigenvalue weighted by molar-refractivity contribution is 5.84. The summed E-state index contributed by atoms with van der Waals surface area (Å²) in [6.45, 7) is 0.580. The molecule has 3 N–H and O–H groups in total. The Morgan fingerprint density at radius 1 is 0.955 bits per heavy atom. The van der Waals surface area contributed by atoms with E-state index in [2.05, 4.69) is 17.5 Å². The molecule has 0 aromatic rings. The standard InChI is InChI=1S/C17H25NO4/c19-12-15(3-1-2-4-15)11-18-13(20)16-5-8-17(9-6-16,10-7-16)14(21)22/h1-2,19H,3-12H2,(H,18,20)(H,21,22). The zero-order valence-electron chi connectivity index (χ0n) is 12.9. The third-order valence-corrected chi connectivity index (χ3v) is 6.41. The van der Waals surface area contributed by atoms with Crippen molar-refractivity contribution in [2.24, 2.45) is 16.2 Å². The summed E-state index contributed by atoms with van der Waals surface area (Å²) < 4.78 is 0. The van der Waals surface area contributed by atoms with E-state index in [0.29, 0.717) is 45.1 Å². The second-order valence-corrected chi connectivity index (χ2v) is 7.59. The van der Waals surface area contributed by atoms with Crippen molar-refractivity contribution in [2.75, 3.05) is 13.2 Å². The van der Waals surface area contributed by atoms with Gasteiger partial charge in [-0.2, -0.15) is 0 Å². The van der Waals surface area contributed by atoms with Gasteiger partial charge >= 0.3 is 5.97 Å². The lowest BCUT2D eigenvalue weighted by molar-refractivity contribution is -0.163. The average Bonchev–Trinajstić information content (AvgIpc) is 3.03. The van der Waals surface area contributed by atoms with Crippen molar-refractivity contribution in [3.8, 4) is 0 Å². The molecule has 5 heteroatoms. The summed E-state index contributed by atoms with van der Waals surface area (Å²) in [6.07, 6.45) is 9.60. The van der Waals surface area contributed by atoms with E-state index in [-0.39, 0.29) is 23.3 Å². The third kappa shape index (κ3) is 2.35. The topological polar surface area (TPSA) is 86.6 Å². The van der Waals surface area contributed by atoms with E-state index in [4.69, 9.17) is 0 Å². The van der Waals surface area contributed by atoms with Crippen LogP contribution in [0.25, 0.3) is 0 Å². The van der Waals surface area contributed by atoms with Gasteiger partial charge < -0.3 is 15.5 Å². The van der Waals surface area contributed by atoms with E-state index in [1.807, 2.05) is 0 Å². The first-order valence-corrected chi connectivity index (χ1v) is 8.24. The van der Waals surface area contributed by atoms with Crippen LogP contribution >= 0.6 is 0 Å². The predicted molar refractivity (Wildman–Crippen MR) is 81.1 cm³/mol. The number of hydrogen-bond acceptors (Lipinski definition) is 3. The summed E-state index contributed by atoms with van der Waals surface area (Å²) >= 11 is 0. The van der Waals surface area contributed by atoms with Crippen molar-refractivity contribution in [3.63, 3.8) is 0 Å². The number of carbonyl (C=O) groups excluding carboxylic acids is 1. The molecule has 0 aromatic heterocycles. The Hall–Kier alpha value is -1.36. The van der Waals surface area contributed by atoms with Crippen molar-refractivity contribution in [3.05, 3.63) is 12.2 Å². The number of rotatable bonds is 5. The molecule has 5 nitrogen and oxygen atoms in total. The number of aliphatic hydroxyl groups excluding tert-OH is 1. The van der Waals surface area contributed by atoms with Gasteiger partial charge in [-0.3, -0.25) is 9.59 Å². The fraction of sp³-hybridized carbons (Fsp3) is 0.765. The number of allylic oxidation sites excluding steroid dienone is 2. The number of nitrogens with one attached hydrogen (secondary N) is 1.